The minimum atomic E-state index is -3.76. The van der Waals surface area contributed by atoms with Crippen LogP contribution in [0.3, 0.4) is 0 Å². The molecule has 1 fully saturated rings. The van der Waals surface area contributed by atoms with E-state index in [4.69, 9.17) is 14.7 Å². The number of piperidine rings is 1. The molecule has 0 aromatic heterocycles. The summed E-state index contributed by atoms with van der Waals surface area (Å²) in [6.07, 6.45) is 1.90. The summed E-state index contributed by atoms with van der Waals surface area (Å²) in [7, 11) is -3.76. The molecule has 1 atom stereocenters. The third-order valence-electron chi connectivity index (χ3n) is 4.66. The van der Waals surface area contributed by atoms with E-state index < -0.39 is 22.0 Å². The third-order valence-corrected chi connectivity index (χ3v) is 6.58. The van der Waals surface area contributed by atoms with Gasteiger partial charge in [0.25, 0.3) is 0 Å². The Bertz CT molecular complexity index is 968. The number of hydrogen-bond acceptors (Lipinski definition) is 6. The second kappa shape index (κ2) is 9.54. The van der Waals surface area contributed by atoms with Crippen molar-refractivity contribution < 1.29 is 22.7 Å². The van der Waals surface area contributed by atoms with E-state index in [1.54, 1.807) is 42.5 Å². The van der Waals surface area contributed by atoms with Crippen molar-refractivity contribution in [2.75, 3.05) is 19.8 Å². The summed E-state index contributed by atoms with van der Waals surface area (Å²) in [5.74, 6) is -0.00127. The molecular weight excluding hydrogens is 392 g/mol. The Labute approximate surface area is 170 Å². The van der Waals surface area contributed by atoms with Gasteiger partial charge in [-0.2, -0.15) is 9.57 Å². The molecule has 152 valence electrons. The smallest absolute Gasteiger partial charge is 0.324 e. The van der Waals surface area contributed by atoms with Crippen molar-refractivity contribution >= 4 is 16.0 Å². The molecule has 1 saturated heterocycles. The Morgan fingerprint density at radius 2 is 1.79 bits per heavy atom. The van der Waals surface area contributed by atoms with Gasteiger partial charge in [0.2, 0.25) is 10.0 Å². The van der Waals surface area contributed by atoms with Gasteiger partial charge in [-0.25, -0.2) is 8.42 Å². The summed E-state index contributed by atoms with van der Waals surface area (Å²) < 4.78 is 37.9. The molecule has 7 nitrogen and oxygen atoms in total. The largest absolute Gasteiger partial charge is 0.490 e. The van der Waals surface area contributed by atoms with Gasteiger partial charge < -0.3 is 9.47 Å². The normalized spacial score (nSPS) is 17.3. The second-order valence-corrected chi connectivity index (χ2v) is 8.48. The first-order valence-electron chi connectivity index (χ1n) is 9.39. The molecule has 0 spiro atoms. The highest BCUT2D eigenvalue weighted by molar-refractivity contribution is 7.89. The molecule has 1 aliphatic rings. The average Bonchev–Trinajstić information content (AvgIpc) is 2.77. The number of benzene rings is 2. The standard InChI is InChI=1S/C21H22N2O5S/c22-16-17-9-11-18(12-10-17)27-14-15-28-21(24)20-8-4-5-13-23(20)29(25,26)19-6-2-1-3-7-19/h1-3,6-7,9-12,20H,4-5,8,13-15H2. The molecular formula is C21H22N2O5S. The number of esters is 1. The SMILES string of the molecule is N#Cc1ccc(OCCOC(=O)C2CCCCN2S(=O)(=O)c2ccccc2)cc1. The number of carbonyl (C=O) groups is 1. The van der Waals surface area contributed by atoms with Crippen LogP contribution in [0.25, 0.3) is 0 Å². The minimum absolute atomic E-state index is 0.00849. The Balaban J connectivity index is 1.57. The maximum absolute atomic E-state index is 12.9. The van der Waals surface area contributed by atoms with Crippen LogP contribution in [0.4, 0.5) is 0 Å². The lowest BCUT2D eigenvalue weighted by atomic mass is 10.1. The zero-order valence-corrected chi connectivity index (χ0v) is 16.7. The van der Waals surface area contributed by atoms with Gasteiger partial charge in [-0.15, -0.1) is 0 Å². The molecule has 1 aliphatic heterocycles. The van der Waals surface area contributed by atoms with E-state index in [2.05, 4.69) is 0 Å². The molecule has 3 rings (SSSR count). The highest BCUT2D eigenvalue weighted by Gasteiger charge is 2.38. The fourth-order valence-corrected chi connectivity index (χ4v) is 4.85. The molecule has 1 heterocycles. The van der Waals surface area contributed by atoms with Gasteiger partial charge >= 0.3 is 5.97 Å². The van der Waals surface area contributed by atoms with Gasteiger partial charge in [-0.3, -0.25) is 4.79 Å². The quantitative estimate of drug-likeness (QED) is 0.510. The number of nitriles is 1. The maximum atomic E-state index is 12.9. The maximum Gasteiger partial charge on any atom is 0.324 e. The third kappa shape index (κ3) is 5.13. The predicted molar refractivity (Wildman–Crippen MR) is 106 cm³/mol. The number of sulfonamides is 1. The van der Waals surface area contributed by atoms with Gasteiger partial charge in [-0.05, 0) is 55.7 Å². The van der Waals surface area contributed by atoms with E-state index >= 15 is 0 Å². The molecule has 2 aromatic rings. The summed E-state index contributed by atoms with van der Waals surface area (Å²) in [4.78, 5) is 12.7. The fourth-order valence-electron chi connectivity index (χ4n) is 3.18. The van der Waals surface area contributed by atoms with Crippen molar-refractivity contribution in [3.63, 3.8) is 0 Å². The summed E-state index contributed by atoms with van der Waals surface area (Å²) >= 11 is 0. The molecule has 8 heteroatoms. The molecule has 0 amide bonds. The van der Waals surface area contributed by atoms with Crippen molar-refractivity contribution in [1.82, 2.24) is 4.31 Å². The molecule has 0 aliphatic carbocycles. The lowest BCUT2D eigenvalue weighted by molar-refractivity contribution is -0.149. The van der Waals surface area contributed by atoms with Crippen molar-refractivity contribution in [1.29, 1.82) is 5.26 Å². The minimum Gasteiger partial charge on any atom is -0.490 e. The van der Waals surface area contributed by atoms with Crippen molar-refractivity contribution in [2.45, 2.75) is 30.2 Å². The summed E-state index contributed by atoms with van der Waals surface area (Å²) in [6.45, 7) is 0.434. The summed E-state index contributed by atoms with van der Waals surface area (Å²) in [5.41, 5.74) is 0.529. The van der Waals surface area contributed by atoms with Gasteiger partial charge in [0.1, 0.15) is 25.0 Å². The number of nitrogens with zero attached hydrogens (tertiary/aromatic N) is 2. The Hall–Kier alpha value is -2.89. The Kier molecular flexibility index (Phi) is 6.86. The van der Waals surface area contributed by atoms with E-state index in [0.29, 0.717) is 30.7 Å². The van der Waals surface area contributed by atoms with Gasteiger partial charge in [-0.1, -0.05) is 18.2 Å². The lowest BCUT2D eigenvalue weighted by Crippen LogP contribution is -2.48. The van der Waals surface area contributed by atoms with Gasteiger partial charge in [0.15, 0.2) is 0 Å². The monoisotopic (exact) mass is 414 g/mol. The van der Waals surface area contributed by atoms with Crippen LogP contribution in [0.15, 0.2) is 59.5 Å². The van der Waals surface area contributed by atoms with Crippen LogP contribution in [-0.2, 0) is 19.6 Å². The number of rotatable bonds is 7. The Morgan fingerprint density at radius 3 is 2.48 bits per heavy atom. The van der Waals surface area contributed by atoms with Crippen LogP contribution in [-0.4, -0.2) is 44.5 Å². The van der Waals surface area contributed by atoms with E-state index in [1.165, 1.54) is 16.4 Å². The first-order valence-corrected chi connectivity index (χ1v) is 10.8. The zero-order chi connectivity index (χ0) is 20.7. The van der Waals surface area contributed by atoms with Crippen molar-refractivity contribution in [3.8, 4) is 11.8 Å². The number of hydrogen-bond donors (Lipinski definition) is 0. The van der Waals surface area contributed by atoms with Gasteiger partial charge in [0.05, 0.1) is 16.5 Å². The van der Waals surface area contributed by atoms with Crippen LogP contribution in [0.2, 0.25) is 0 Å². The molecule has 1 unspecified atom stereocenters. The predicted octanol–water partition coefficient (Wildman–Crippen LogP) is 2.72. The van der Waals surface area contributed by atoms with Gasteiger partial charge in [0, 0.05) is 6.54 Å². The van der Waals surface area contributed by atoms with Crippen LogP contribution in [0, 0.1) is 11.3 Å². The van der Waals surface area contributed by atoms with E-state index in [9.17, 15) is 13.2 Å². The molecule has 0 N–H and O–H groups in total. The van der Waals surface area contributed by atoms with E-state index in [1.807, 2.05) is 6.07 Å². The van der Waals surface area contributed by atoms with Crippen molar-refractivity contribution in [2.24, 2.45) is 0 Å². The second-order valence-electron chi connectivity index (χ2n) is 6.59. The van der Waals surface area contributed by atoms with E-state index in [0.717, 1.165) is 6.42 Å². The topological polar surface area (TPSA) is 96.7 Å². The molecule has 29 heavy (non-hydrogen) atoms. The number of carbonyl (C=O) groups excluding carboxylic acids is 1. The lowest BCUT2D eigenvalue weighted by Gasteiger charge is -2.33. The summed E-state index contributed by atoms with van der Waals surface area (Å²) in [5, 5.41) is 8.78. The first-order chi connectivity index (χ1) is 14.0. The van der Waals surface area contributed by atoms with Crippen LogP contribution in [0.1, 0.15) is 24.8 Å². The van der Waals surface area contributed by atoms with Crippen LogP contribution in [0.5, 0.6) is 5.75 Å². The Morgan fingerprint density at radius 1 is 1.07 bits per heavy atom. The van der Waals surface area contributed by atoms with Crippen LogP contribution >= 0.6 is 0 Å². The number of ether oxygens (including phenoxy) is 2. The van der Waals surface area contributed by atoms with Crippen LogP contribution < -0.4 is 4.74 Å². The van der Waals surface area contributed by atoms with Crippen molar-refractivity contribution in [3.05, 3.63) is 60.2 Å². The molecule has 0 radical (unpaired) electrons. The summed E-state index contributed by atoms with van der Waals surface area (Å²) in [6, 6.07) is 15.9. The van der Waals surface area contributed by atoms with E-state index in [-0.39, 0.29) is 18.1 Å². The average molecular weight is 414 g/mol. The molecule has 2 aromatic carbocycles. The zero-order valence-electron chi connectivity index (χ0n) is 15.9. The first kappa shape index (κ1) is 20.8. The molecule has 0 saturated carbocycles. The fraction of sp³-hybridized carbons (Fsp3) is 0.333. The highest BCUT2D eigenvalue weighted by Crippen LogP contribution is 2.26. The molecule has 0 bridgehead atoms. The highest BCUT2D eigenvalue weighted by atomic mass is 32.2.